The maximum absolute atomic E-state index is 12.3. The number of nitrogens with one attached hydrogen (secondary N) is 1. The summed E-state index contributed by atoms with van der Waals surface area (Å²) >= 11 is 1.90. The average Bonchev–Trinajstić information content (AvgIpc) is 2.57. The number of rotatable bonds is 3. The summed E-state index contributed by atoms with van der Waals surface area (Å²) in [4.78, 5) is 18.5. The van der Waals surface area contributed by atoms with E-state index in [0.29, 0.717) is 11.4 Å². The molecule has 3 heterocycles. The Labute approximate surface area is 129 Å². The Morgan fingerprint density at radius 3 is 2.71 bits per heavy atom. The molecular formula is C15H21N3O2S. The molecule has 2 aliphatic heterocycles. The second-order valence-electron chi connectivity index (χ2n) is 5.36. The summed E-state index contributed by atoms with van der Waals surface area (Å²) in [5.41, 5.74) is 0.652. The fraction of sp³-hybridized carbons (Fsp3) is 0.600. The number of hydrogen-bond acceptors (Lipinski definition) is 5. The zero-order valence-electron chi connectivity index (χ0n) is 12.1. The number of aromatic nitrogens is 1. The Bertz CT molecular complexity index is 468. The van der Waals surface area contributed by atoms with E-state index in [1.54, 1.807) is 6.20 Å². The van der Waals surface area contributed by atoms with Crippen LogP contribution in [-0.4, -0.2) is 59.6 Å². The molecule has 0 aromatic carbocycles. The third kappa shape index (κ3) is 3.89. The molecule has 21 heavy (non-hydrogen) atoms. The Morgan fingerprint density at radius 2 is 2.05 bits per heavy atom. The van der Waals surface area contributed by atoms with Crippen LogP contribution in [0.5, 0.6) is 5.88 Å². The van der Waals surface area contributed by atoms with E-state index >= 15 is 0 Å². The van der Waals surface area contributed by atoms with Gasteiger partial charge in [-0.15, -0.1) is 0 Å². The van der Waals surface area contributed by atoms with Crippen molar-refractivity contribution in [1.82, 2.24) is 15.2 Å². The Balaban J connectivity index is 1.59. The largest absolute Gasteiger partial charge is 0.474 e. The molecule has 1 N–H and O–H groups in total. The Hall–Kier alpha value is -1.27. The van der Waals surface area contributed by atoms with E-state index in [4.69, 9.17) is 4.74 Å². The monoisotopic (exact) mass is 307 g/mol. The van der Waals surface area contributed by atoms with Gasteiger partial charge in [0.15, 0.2) is 0 Å². The molecule has 6 heteroatoms. The van der Waals surface area contributed by atoms with Crippen LogP contribution in [0.2, 0.25) is 0 Å². The summed E-state index contributed by atoms with van der Waals surface area (Å²) in [6.45, 7) is 3.65. The molecule has 0 spiro atoms. The molecule has 2 fully saturated rings. The molecule has 0 bridgehead atoms. The Kier molecular flexibility index (Phi) is 4.98. The van der Waals surface area contributed by atoms with E-state index in [0.717, 1.165) is 50.5 Å². The van der Waals surface area contributed by atoms with Crippen molar-refractivity contribution in [1.29, 1.82) is 0 Å². The molecule has 1 amide bonds. The van der Waals surface area contributed by atoms with E-state index in [9.17, 15) is 4.79 Å². The fourth-order valence-electron chi connectivity index (χ4n) is 2.61. The van der Waals surface area contributed by atoms with Crippen LogP contribution in [0.1, 0.15) is 23.2 Å². The van der Waals surface area contributed by atoms with Gasteiger partial charge in [-0.2, -0.15) is 11.8 Å². The molecule has 0 aliphatic carbocycles. The normalized spacial score (nSPS) is 20.3. The lowest BCUT2D eigenvalue weighted by atomic mass is 10.1. The number of carbonyl (C=O) groups is 1. The highest BCUT2D eigenvalue weighted by molar-refractivity contribution is 7.99. The van der Waals surface area contributed by atoms with Gasteiger partial charge in [0.1, 0.15) is 6.10 Å². The number of ether oxygens (including phenoxy) is 1. The quantitative estimate of drug-likeness (QED) is 0.915. The van der Waals surface area contributed by atoms with Crippen molar-refractivity contribution in [2.24, 2.45) is 0 Å². The van der Waals surface area contributed by atoms with Gasteiger partial charge < -0.3 is 15.0 Å². The van der Waals surface area contributed by atoms with Crippen molar-refractivity contribution in [3.05, 3.63) is 23.9 Å². The van der Waals surface area contributed by atoms with Gasteiger partial charge in [0, 0.05) is 36.9 Å². The molecule has 2 aliphatic rings. The topological polar surface area (TPSA) is 54.5 Å². The summed E-state index contributed by atoms with van der Waals surface area (Å²) in [6, 6.07) is 3.64. The fourth-order valence-corrected chi connectivity index (χ4v) is 3.51. The van der Waals surface area contributed by atoms with Crippen LogP contribution < -0.4 is 10.1 Å². The molecular weight excluding hydrogens is 286 g/mol. The lowest BCUT2D eigenvalue weighted by Crippen LogP contribution is -2.38. The van der Waals surface area contributed by atoms with Gasteiger partial charge in [-0.3, -0.25) is 4.79 Å². The van der Waals surface area contributed by atoms with Gasteiger partial charge in [0.05, 0.1) is 5.56 Å². The molecule has 3 rings (SSSR count). The summed E-state index contributed by atoms with van der Waals surface area (Å²) in [5.74, 6) is 2.75. The number of hydrogen-bond donors (Lipinski definition) is 1. The highest BCUT2D eigenvalue weighted by Crippen LogP contribution is 2.17. The van der Waals surface area contributed by atoms with Crippen molar-refractivity contribution in [3.8, 4) is 5.88 Å². The van der Waals surface area contributed by atoms with Crippen molar-refractivity contribution in [2.75, 3.05) is 37.7 Å². The zero-order chi connectivity index (χ0) is 14.5. The number of amides is 1. The van der Waals surface area contributed by atoms with Gasteiger partial charge in [-0.1, -0.05) is 0 Å². The van der Waals surface area contributed by atoms with Gasteiger partial charge >= 0.3 is 0 Å². The van der Waals surface area contributed by atoms with Gasteiger partial charge in [-0.25, -0.2) is 4.98 Å². The second-order valence-corrected chi connectivity index (χ2v) is 6.58. The number of carbonyl (C=O) groups excluding carboxylic acids is 1. The Morgan fingerprint density at radius 1 is 1.29 bits per heavy atom. The minimum Gasteiger partial charge on any atom is -0.474 e. The molecule has 0 unspecified atom stereocenters. The third-order valence-corrected chi connectivity index (χ3v) is 4.80. The lowest BCUT2D eigenvalue weighted by molar-refractivity contribution is 0.0771. The van der Waals surface area contributed by atoms with E-state index in [1.807, 2.05) is 28.8 Å². The first-order valence-electron chi connectivity index (χ1n) is 7.53. The van der Waals surface area contributed by atoms with Gasteiger partial charge in [0.2, 0.25) is 5.88 Å². The minimum absolute atomic E-state index is 0.0798. The van der Waals surface area contributed by atoms with Crippen molar-refractivity contribution in [2.45, 2.75) is 18.9 Å². The molecule has 0 atom stereocenters. The summed E-state index contributed by atoms with van der Waals surface area (Å²) in [7, 11) is 0. The van der Waals surface area contributed by atoms with Crippen molar-refractivity contribution in [3.63, 3.8) is 0 Å². The molecule has 5 nitrogen and oxygen atoms in total. The van der Waals surface area contributed by atoms with Crippen LogP contribution in [0.3, 0.4) is 0 Å². The summed E-state index contributed by atoms with van der Waals surface area (Å²) < 4.78 is 5.86. The number of pyridine rings is 1. The van der Waals surface area contributed by atoms with Crippen LogP contribution in [0.15, 0.2) is 18.3 Å². The van der Waals surface area contributed by atoms with E-state index in [-0.39, 0.29) is 12.0 Å². The molecule has 114 valence electrons. The van der Waals surface area contributed by atoms with E-state index in [1.165, 1.54) is 0 Å². The summed E-state index contributed by atoms with van der Waals surface area (Å²) in [5, 5.41) is 3.31. The van der Waals surface area contributed by atoms with E-state index in [2.05, 4.69) is 10.3 Å². The highest BCUT2D eigenvalue weighted by atomic mass is 32.2. The second kappa shape index (κ2) is 7.13. The van der Waals surface area contributed by atoms with Gasteiger partial charge in [-0.05, 0) is 32.0 Å². The molecule has 0 radical (unpaired) electrons. The van der Waals surface area contributed by atoms with Crippen LogP contribution in [0.4, 0.5) is 0 Å². The van der Waals surface area contributed by atoms with Crippen LogP contribution >= 0.6 is 11.8 Å². The lowest BCUT2D eigenvalue weighted by Gasteiger charge is -2.26. The first-order valence-corrected chi connectivity index (χ1v) is 8.69. The van der Waals surface area contributed by atoms with Crippen LogP contribution in [0, 0.1) is 0 Å². The predicted molar refractivity (Wildman–Crippen MR) is 84.0 cm³/mol. The highest BCUT2D eigenvalue weighted by Gasteiger charge is 2.19. The van der Waals surface area contributed by atoms with Crippen molar-refractivity contribution < 1.29 is 9.53 Å². The summed E-state index contributed by atoms with van der Waals surface area (Å²) in [6.07, 6.45) is 3.89. The molecule has 2 saturated heterocycles. The standard InChI is InChI=1S/C15H21N3O2S/c19-15(18-7-9-21-10-8-18)12-1-2-14(17-11-12)20-13-3-5-16-6-4-13/h1-2,11,13,16H,3-10H2. The molecule has 1 aromatic heterocycles. The van der Waals surface area contributed by atoms with Crippen LogP contribution in [-0.2, 0) is 0 Å². The first kappa shape index (κ1) is 14.7. The van der Waals surface area contributed by atoms with Crippen molar-refractivity contribution >= 4 is 17.7 Å². The number of piperidine rings is 1. The van der Waals surface area contributed by atoms with E-state index < -0.39 is 0 Å². The number of nitrogens with zero attached hydrogens (tertiary/aromatic N) is 2. The smallest absolute Gasteiger partial charge is 0.255 e. The van der Waals surface area contributed by atoms with Crippen LogP contribution in [0.25, 0.3) is 0 Å². The predicted octanol–water partition coefficient (Wildman–Crippen LogP) is 1.40. The first-order chi connectivity index (χ1) is 10.3. The maximum atomic E-state index is 12.3. The zero-order valence-corrected chi connectivity index (χ0v) is 12.9. The third-order valence-electron chi connectivity index (χ3n) is 3.86. The van der Waals surface area contributed by atoms with Gasteiger partial charge in [0.25, 0.3) is 5.91 Å². The SMILES string of the molecule is O=C(c1ccc(OC2CCNCC2)nc1)N1CCSCC1. The molecule has 0 saturated carbocycles. The minimum atomic E-state index is 0.0798. The molecule has 1 aromatic rings. The maximum Gasteiger partial charge on any atom is 0.255 e. The average molecular weight is 307 g/mol. The number of thioether (sulfide) groups is 1.